The fraction of sp³-hybridized carbons (Fsp3) is 0.273. The molecule has 0 bridgehead atoms. The number of aryl methyl sites for hydroxylation is 1. The highest BCUT2D eigenvalue weighted by Crippen LogP contribution is 2.43. The van der Waals surface area contributed by atoms with Crippen LogP contribution in [0, 0.1) is 12.7 Å². The molecular weight excluding hydrogens is 419 g/mol. The standard InChI is InChI=1S/C22H19FN4O3S/c1-10-4-13(19-16(5-10)26-18(29-3)9-25-19)22-27-17-7-15(23)20-14(21(17)31-22)6-12(30-20)8-24-11(2)28/h4-5,7,9,12H,6,8H2,1-3H3,(H,24,28). The van der Waals surface area contributed by atoms with Crippen LogP contribution in [-0.4, -0.2) is 40.6 Å². The number of methoxy groups -OCH3 is 1. The molecule has 2 aromatic heterocycles. The molecule has 0 radical (unpaired) electrons. The summed E-state index contributed by atoms with van der Waals surface area (Å²) in [5.74, 6) is 0.102. The van der Waals surface area contributed by atoms with Gasteiger partial charge in [0.2, 0.25) is 11.8 Å². The average molecular weight is 438 g/mol. The maximum Gasteiger partial charge on any atom is 0.232 e. The van der Waals surface area contributed by atoms with E-state index in [0.29, 0.717) is 35.4 Å². The second-order valence-electron chi connectivity index (χ2n) is 7.51. The van der Waals surface area contributed by atoms with Crippen LogP contribution < -0.4 is 14.8 Å². The van der Waals surface area contributed by atoms with Crippen LogP contribution in [0.3, 0.4) is 0 Å². The second-order valence-corrected chi connectivity index (χ2v) is 8.51. The molecule has 1 aliphatic heterocycles. The molecule has 7 nitrogen and oxygen atoms in total. The van der Waals surface area contributed by atoms with Crippen LogP contribution in [-0.2, 0) is 11.2 Å². The first-order valence-corrected chi connectivity index (χ1v) is 10.6. The molecule has 3 heterocycles. The third-order valence-corrected chi connectivity index (χ3v) is 6.35. The lowest BCUT2D eigenvalue weighted by atomic mass is 10.1. The monoisotopic (exact) mass is 438 g/mol. The van der Waals surface area contributed by atoms with Crippen molar-refractivity contribution in [3.05, 3.63) is 41.3 Å². The number of hydrogen-bond acceptors (Lipinski definition) is 7. The average Bonchev–Trinajstić information content (AvgIpc) is 3.35. The Hall–Kier alpha value is -3.33. The molecule has 1 N–H and O–H groups in total. The molecule has 158 valence electrons. The lowest BCUT2D eigenvalue weighted by Crippen LogP contribution is -2.32. The Bertz CT molecular complexity index is 1350. The molecule has 1 amide bonds. The molecule has 0 aliphatic carbocycles. The topological polar surface area (TPSA) is 86.2 Å². The molecule has 0 saturated heterocycles. The molecule has 31 heavy (non-hydrogen) atoms. The van der Waals surface area contributed by atoms with E-state index in [1.165, 1.54) is 24.3 Å². The van der Waals surface area contributed by atoms with Crippen LogP contribution in [0.25, 0.3) is 31.8 Å². The zero-order valence-corrected chi connectivity index (χ0v) is 18.0. The van der Waals surface area contributed by atoms with Gasteiger partial charge in [0.25, 0.3) is 0 Å². The molecule has 9 heteroatoms. The summed E-state index contributed by atoms with van der Waals surface area (Å²) in [6.45, 7) is 3.76. The second kappa shape index (κ2) is 7.42. The normalized spacial score (nSPS) is 15.2. The third-order valence-electron chi connectivity index (χ3n) is 5.19. The lowest BCUT2D eigenvalue weighted by Gasteiger charge is -2.10. The molecule has 0 saturated carbocycles. The van der Waals surface area contributed by atoms with E-state index in [2.05, 4.69) is 15.3 Å². The first kappa shape index (κ1) is 19.6. The number of rotatable bonds is 4. The van der Waals surface area contributed by atoms with E-state index < -0.39 is 5.82 Å². The molecule has 0 fully saturated rings. The van der Waals surface area contributed by atoms with Crippen molar-refractivity contribution in [2.45, 2.75) is 26.4 Å². The number of ether oxygens (including phenoxy) is 2. The minimum absolute atomic E-state index is 0.144. The SMILES string of the molecule is COc1cnc2c(-c3nc4cc(F)c5c(c4s3)CC(CNC(C)=O)O5)cc(C)cc2n1. The van der Waals surface area contributed by atoms with Gasteiger partial charge in [0.15, 0.2) is 11.6 Å². The molecule has 1 atom stereocenters. The number of halogens is 1. The number of aromatic nitrogens is 3. The van der Waals surface area contributed by atoms with E-state index in [4.69, 9.17) is 14.5 Å². The van der Waals surface area contributed by atoms with Gasteiger partial charge >= 0.3 is 0 Å². The van der Waals surface area contributed by atoms with Gasteiger partial charge in [0.1, 0.15) is 11.1 Å². The number of carbonyl (C=O) groups is 1. The van der Waals surface area contributed by atoms with E-state index in [9.17, 15) is 9.18 Å². The van der Waals surface area contributed by atoms with Gasteiger partial charge in [0, 0.05) is 30.5 Å². The van der Waals surface area contributed by atoms with Gasteiger partial charge < -0.3 is 14.8 Å². The fourth-order valence-electron chi connectivity index (χ4n) is 3.82. The van der Waals surface area contributed by atoms with Crippen molar-refractivity contribution in [2.75, 3.05) is 13.7 Å². The van der Waals surface area contributed by atoms with Crippen molar-refractivity contribution in [3.63, 3.8) is 0 Å². The largest absolute Gasteiger partial charge is 0.485 e. The van der Waals surface area contributed by atoms with Crippen molar-refractivity contribution >= 4 is 38.5 Å². The minimum atomic E-state index is -0.441. The molecule has 1 unspecified atom stereocenters. The van der Waals surface area contributed by atoms with Gasteiger partial charge in [-0.2, -0.15) is 0 Å². The number of nitrogens with one attached hydrogen (secondary N) is 1. The highest BCUT2D eigenvalue weighted by Gasteiger charge is 2.30. The Morgan fingerprint density at radius 1 is 1.32 bits per heavy atom. The first-order chi connectivity index (χ1) is 14.9. The highest BCUT2D eigenvalue weighted by atomic mass is 32.1. The van der Waals surface area contributed by atoms with Gasteiger partial charge in [-0.05, 0) is 24.6 Å². The number of hydrogen-bond donors (Lipinski definition) is 1. The summed E-state index contributed by atoms with van der Waals surface area (Å²) < 4.78 is 26.6. The number of benzene rings is 2. The van der Waals surface area contributed by atoms with Crippen molar-refractivity contribution in [2.24, 2.45) is 0 Å². The van der Waals surface area contributed by atoms with E-state index in [-0.39, 0.29) is 17.8 Å². The Labute approximate surface area is 181 Å². The maximum atomic E-state index is 14.7. The quantitative estimate of drug-likeness (QED) is 0.522. The number of amides is 1. The number of fused-ring (bicyclic) bond motifs is 4. The number of thiazole rings is 1. The summed E-state index contributed by atoms with van der Waals surface area (Å²) in [4.78, 5) is 24.9. The van der Waals surface area contributed by atoms with E-state index in [0.717, 1.165) is 26.4 Å². The van der Waals surface area contributed by atoms with Crippen molar-refractivity contribution < 1.29 is 18.7 Å². The van der Waals surface area contributed by atoms with E-state index in [1.807, 2.05) is 19.1 Å². The molecule has 2 aromatic carbocycles. The fourth-order valence-corrected chi connectivity index (χ4v) is 4.93. The van der Waals surface area contributed by atoms with Crippen LogP contribution in [0.2, 0.25) is 0 Å². The summed E-state index contributed by atoms with van der Waals surface area (Å²) in [6.07, 6.45) is 1.78. The molecule has 4 aromatic rings. The first-order valence-electron chi connectivity index (χ1n) is 9.77. The third kappa shape index (κ3) is 3.44. The summed E-state index contributed by atoms with van der Waals surface area (Å²) in [7, 11) is 1.55. The van der Waals surface area contributed by atoms with Gasteiger partial charge in [-0.25, -0.2) is 19.3 Å². The van der Waals surface area contributed by atoms with Gasteiger partial charge in [-0.15, -0.1) is 11.3 Å². The maximum absolute atomic E-state index is 14.7. The van der Waals surface area contributed by atoms with Gasteiger partial charge in [0.05, 0.1) is 41.1 Å². The minimum Gasteiger partial charge on any atom is -0.485 e. The van der Waals surface area contributed by atoms with Crippen molar-refractivity contribution in [1.82, 2.24) is 20.3 Å². The Kier molecular flexibility index (Phi) is 4.70. The molecule has 1 aliphatic rings. The van der Waals surface area contributed by atoms with Crippen LogP contribution >= 0.6 is 11.3 Å². The highest BCUT2D eigenvalue weighted by molar-refractivity contribution is 7.22. The molecular formula is C22H19FN4O3S. The number of nitrogens with zero attached hydrogens (tertiary/aromatic N) is 3. The Morgan fingerprint density at radius 3 is 2.94 bits per heavy atom. The zero-order chi connectivity index (χ0) is 21.7. The van der Waals surface area contributed by atoms with Crippen molar-refractivity contribution in [3.8, 4) is 22.2 Å². The number of carbonyl (C=O) groups excluding carboxylic acids is 1. The van der Waals surface area contributed by atoms with E-state index in [1.54, 1.807) is 13.3 Å². The smallest absolute Gasteiger partial charge is 0.232 e. The van der Waals surface area contributed by atoms with Crippen LogP contribution in [0.1, 0.15) is 18.1 Å². The summed E-state index contributed by atoms with van der Waals surface area (Å²) in [5, 5.41) is 3.47. The Morgan fingerprint density at radius 2 is 2.16 bits per heavy atom. The molecule has 0 spiro atoms. The van der Waals surface area contributed by atoms with E-state index >= 15 is 0 Å². The van der Waals surface area contributed by atoms with Crippen LogP contribution in [0.4, 0.5) is 4.39 Å². The zero-order valence-electron chi connectivity index (χ0n) is 17.2. The predicted molar refractivity (Wildman–Crippen MR) is 116 cm³/mol. The van der Waals surface area contributed by atoms with Crippen LogP contribution in [0.5, 0.6) is 11.6 Å². The molecule has 5 rings (SSSR count). The van der Waals surface area contributed by atoms with Crippen molar-refractivity contribution in [1.29, 1.82) is 0 Å². The summed E-state index contributed by atoms with van der Waals surface area (Å²) >= 11 is 1.48. The van der Waals surface area contributed by atoms with Crippen LogP contribution in [0.15, 0.2) is 24.4 Å². The predicted octanol–water partition coefficient (Wildman–Crippen LogP) is 3.80. The van der Waals surface area contributed by atoms with Gasteiger partial charge in [-0.1, -0.05) is 0 Å². The lowest BCUT2D eigenvalue weighted by molar-refractivity contribution is -0.119. The Balaban J connectivity index is 1.61. The van der Waals surface area contributed by atoms with Gasteiger partial charge in [-0.3, -0.25) is 4.79 Å². The summed E-state index contributed by atoms with van der Waals surface area (Å²) in [5.41, 5.74) is 4.65. The summed E-state index contributed by atoms with van der Waals surface area (Å²) in [6, 6.07) is 5.36.